The number of hydrogen-bond donors (Lipinski definition) is 0. The van der Waals surface area contributed by atoms with Crippen molar-refractivity contribution in [1.29, 1.82) is 0 Å². The summed E-state index contributed by atoms with van der Waals surface area (Å²) in [4.78, 5) is 15.2. The second-order valence-electron chi connectivity index (χ2n) is 9.36. The maximum atomic E-state index is 13.1. The number of thioether (sulfide) groups is 1. The highest BCUT2D eigenvalue weighted by molar-refractivity contribution is 14.1. The average Bonchev–Trinajstić information content (AvgIpc) is 3.15. The Labute approximate surface area is 241 Å². The van der Waals surface area contributed by atoms with Crippen molar-refractivity contribution in [2.24, 2.45) is 0 Å². The summed E-state index contributed by atoms with van der Waals surface area (Å²) < 4.78 is 18.9. The summed E-state index contributed by atoms with van der Waals surface area (Å²) in [6.45, 7) is 7.32. The van der Waals surface area contributed by atoms with Crippen LogP contribution in [0.5, 0.6) is 17.2 Å². The normalized spacial score (nSPS) is 14.8. The molecular formula is C29H28INO4S2. The van der Waals surface area contributed by atoms with Crippen molar-refractivity contribution >= 4 is 68.6 Å². The fourth-order valence-corrected chi connectivity index (χ4v) is 5.82. The molecule has 0 N–H and O–H groups in total. The third-order valence-electron chi connectivity index (χ3n) is 5.68. The predicted octanol–water partition coefficient (Wildman–Crippen LogP) is 7.46. The molecule has 0 unspecified atom stereocenters. The summed E-state index contributed by atoms with van der Waals surface area (Å²) in [6, 6.07) is 21.4. The molecule has 192 valence electrons. The van der Waals surface area contributed by atoms with E-state index in [1.54, 1.807) is 12.0 Å². The zero-order chi connectivity index (χ0) is 26.6. The van der Waals surface area contributed by atoms with Gasteiger partial charge in [0.2, 0.25) is 0 Å². The number of ether oxygens (including phenoxy) is 3. The minimum atomic E-state index is -0.136. The van der Waals surface area contributed by atoms with Crippen LogP contribution in [-0.4, -0.2) is 30.6 Å². The number of nitrogens with zero attached hydrogens (tertiary/aromatic N) is 1. The molecule has 4 rings (SSSR count). The first-order valence-corrected chi connectivity index (χ1v) is 14.0. The van der Waals surface area contributed by atoms with E-state index in [4.69, 9.17) is 26.4 Å². The van der Waals surface area contributed by atoms with Gasteiger partial charge in [-0.25, -0.2) is 0 Å². The first-order chi connectivity index (χ1) is 17.7. The number of benzene rings is 3. The highest BCUT2D eigenvalue weighted by Gasteiger charge is 2.33. The fraction of sp³-hybridized carbons (Fsp3) is 0.241. The second kappa shape index (κ2) is 11.9. The predicted molar refractivity (Wildman–Crippen MR) is 164 cm³/mol. The second-order valence-corrected chi connectivity index (χ2v) is 12.2. The largest absolute Gasteiger partial charge is 0.493 e. The number of amides is 1. The van der Waals surface area contributed by atoms with E-state index >= 15 is 0 Å². The van der Waals surface area contributed by atoms with E-state index < -0.39 is 0 Å². The maximum absolute atomic E-state index is 13.1. The van der Waals surface area contributed by atoms with E-state index in [0.717, 1.165) is 20.6 Å². The molecule has 1 fully saturated rings. The zero-order valence-electron chi connectivity index (χ0n) is 21.1. The van der Waals surface area contributed by atoms with Crippen LogP contribution in [0.15, 0.2) is 71.6 Å². The Bertz CT molecular complexity index is 1320. The van der Waals surface area contributed by atoms with Gasteiger partial charge in [0.05, 0.1) is 21.3 Å². The Morgan fingerprint density at radius 1 is 1.00 bits per heavy atom. The van der Waals surface area contributed by atoms with E-state index in [2.05, 4.69) is 55.5 Å². The van der Waals surface area contributed by atoms with E-state index in [1.165, 1.54) is 17.3 Å². The smallest absolute Gasteiger partial charge is 0.270 e. The molecule has 0 bridgehead atoms. The van der Waals surface area contributed by atoms with Gasteiger partial charge in [0, 0.05) is 0 Å². The number of para-hydroxylation sites is 1. The highest BCUT2D eigenvalue weighted by Crippen LogP contribution is 2.39. The minimum absolute atomic E-state index is 0.105. The van der Waals surface area contributed by atoms with Crippen LogP contribution in [0.2, 0.25) is 0 Å². The molecule has 0 spiro atoms. The Kier molecular flexibility index (Phi) is 8.82. The van der Waals surface area contributed by atoms with Crippen molar-refractivity contribution in [3.63, 3.8) is 0 Å². The van der Waals surface area contributed by atoms with Gasteiger partial charge in [-0.15, -0.1) is 0 Å². The number of hydrogen-bond acceptors (Lipinski definition) is 6. The molecule has 5 nitrogen and oxygen atoms in total. The number of carbonyl (C=O) groups is 1. The summed E-state index contributed by atoms with van der Waals surface area (Å²) in [5, 5.41) is 0. The number of methoxy groups -OCH3 is 1. The Morgan fingerprint density at radius 3 is 2.32 bits per heavy atom. The molecule has 0 saturated carbocycles. The topological polar surface area (TPSA) is 48.0 Å². The van der Waals surface area contributed by atoms with E-state index in [1.807, 2.05) is 60.7 Å². The van der Waals surface area contributed by atoms with Crippen LogP contribution < -0.4 is 19.1 Å². The van der Waals surface area contributed by atoms with Crippen LogP contribution in [0.25, 0.3) is 6.08 Å². The van der Waals surface area contributed by atoms with Gasteiger partial charge < -0.3 is 14.2 Å². The summed E-state index contributed by atoms with van der Waals surface area (Å²) in [5.74, 6) is 1.90. The van der Waals surface area contributed by atoms with Crippen LogP contribution in [0.3, 0.4) is 0 Å². The van der Waals surface area contributed by atoms with Crippen molar-refractivity contribution in [2.75, 3.05) is 25.2 Å². The van der Waals surface area contributed by atoms with Gasteiger partial charge in [-0.3, -0.25) is 9.69 Å². The van der Waals surface area contributed by atoms with Crippen LogP contribution in [0.1, 0.15) is 31.9 Å². The van der Waals surface area contributed by atoms with Crippen LogP contribution in [0.4, 0.5) is 5.69 Å². The average molecular weight is 646 g/mol. The lowest BCUT2D eigenvalue weighted by atomic mass is 9.87. The van der Waals surface area contributed by atoms with Gasteiger partial charge in [0.1, 0.15) is 19.0 Å². The lowest BCUT2D eigenvalue weighted by molar-refractivity contribution is -0.113. The number of thiocarbonyl (C=S) groups is 1. The molecule has 1 heterocycles. The maximum Gasteiger partial charge on any atom is 0.270 e. The number of carbonyl (C=O) groups excluding carboxylic acids is 1. The van der Waals surface area contributed by atoms with Gasteiger partial charge in [-0.2, -0.15) is 0 Å². The minimum Gasteiger partial charge on any atom is -0.493 e. The third kappa shape index (κ3) is 6.66. The molecule has 37 heavy (non-hydrogen) atoms. The van der Waals surface area contributed by atoms with Crippen molar-refractivity contribution in [3.05, 3.63) is 86.3 Å². The zero-order valence-corrected chi connectivity index (χ0v) is 24.9. The summed E-state index contributed by atoms with van der Waals surface area (Å²) in [6.07, 6.45) is 1.83. The van der Waals surface area contributed by atoms with Crippen molar-refractivity contribution in [1.82, 2.24) is 0 Å². The molecule has 0 radical (unpaired) electrons. The van der Waals surface area contributed by atoms with Crippen molar-refractivity contribution in [2.45, 2.75) is 26.2 Å². The van der Waals surface area contributed by atoms with E-state index in [9.17, 15) is 4.79 Å². The molecule has 3 aromatic rings. The quantitative estimate of drug-likeness (QED) is 0.110. The number of anilines is 1. The van der Waals surface area contributed by atoms with Crippen molar-refractivity contribution < 1.29 is 19.0 Å². The molecule has 0 aliphatic carbocycles. The van der Waals surface area contributed by atoms with Crippen molar-refractivity contribution in [3.8, 4) is 17.2 Å². The monoisotopic (exact) mass is 645 g/mol. The lowest BCUT2D eigenvalue weighted by Crippen LogP contribution is -2.27. The first-order valence-electron chi connectivity index (χ1n) is 11.7. The van der Waals surface area contributed by atoms with Gasteiger partial charge in [-0.05, 0) is 81.6 Å². The number of halogens is 1. The molecular weight excluding hydrogens is 617 g/mol. The third-order valence-corrected chi connectivity index (χ3v) is 7.78. The standard InChI is InChI=1S/C29H28INO4S2/c1-29(2,3)20-10-12-22(13-11-20)34-14-15-35-26-23(30)16-19(17-24(26)33-4)18-25-27(32)31(28(36)37-25)21-8-6-5-7-9-21/h5-13,16-18H,14-15H2,1-4H3/b25-18-. The summed E-state index contributed by atoms with van der Waals surface area (Å²) >= 11 is 8.98. The Hall–Kier alpha value is -2.56. The molecule has 0 atom stereocenters. The van der Waals surface area contributed by atoms with Gasteiger partial charge in [0.15, 0.2) is 15.8 Å². The molecule has 8 heteroatoms. The Balaban J connectivity index is 1.42. The molecule has 0 aromatic heterocycles. The fourth-order valence-electron chi connectivity index (χ4n) is 3.74. The van der Waals surface area contributed by atoms with Gasteiger partial charge >= 0.3 is 0 Å². The molecule has 1 saturated heterocycles. The molecule has 3 aromatic carbocycles. The first kappa shape index (κ1) is 27.5. The number of rotatable bonds is 8. The van der Waals surface area contributed by atoms with E-state index in [-0.39, 0.29) is 11.3 Å². The summed E-state index contributed by atoms with van der Waals surface area (Å²) in [5.41, 5.74) is 2.96. The van der Waals surface area contributed by atoms with Gasteiger partial charge in [-0.1, -0.05) is 75.1 Å². The highest BCUT2D eigenvalue weighted by atomic mass is 127. The summed E-state index contributed by atoms with van der Waals surface area (Å²) in [7, 11) is 1.60. The van der Waals surface area contributed by atoms with Crippen LogP contribution in [-0.2, 0) is 10.2 Å². The van der Waals surface area contributed by atoms with Crippen LogP contribution >= 0.6 is 46.6 Å². The van der Waals surface area contributed by atoms with Crippen LogP contribution in [0, 0.1) is 3.57 Å². The molecule has 1 amide bonds. The van der Waals surface area contributed by atoms with E-state index in [0.29, 0.717) is 33.9 Å². The SMILES string of the molecule is COc1cc(/C=C2\SC(=S)N(c3ccccc3)C2=O)cc(I)c1OCCOc1ccc(C(C)(C)C)cc1. The molecule has 1 aliphatic heterocycles. The Morgan fingerprint density at radius 2 is 1.68 bits per heavy atom. The lowest BCUT2D eigenvalue weighted by Gasteiger charge is -2.19. The molecule has 1 aliphatic rings. The van der Waals surface area contributed by atoms with Gasteiger partial charge in [0.25, 0.3) is 5.91 Å².